The van der Waals surface area contributed by atoms with Crippen LogP contribution in [0.2, 0.25) is 10.0 Å². The number of halogens is 2. The summed E-state index contributed by atoms with van der Waals surface area (Å²) >= 11 is 11.8. The van der Waals surface area contributed by atoms with Gasteiger partial charge in [0.2, 0.25) is 0 Å². The Kier molecular flexibility index (Phi) is 3.51. The van der Waals surface area contributed by atoms with Crippen molar-refractivity contribution >= 4 is 29.0 Å². The van der Waals surface area contributed by atoms with Crippen LogP contribution in [-0.4, -0.2) is 5.78 Å². The summed E-state index contributed by atoms with van der Waals surface area (Å²) in [7, 11) is 0. The minimum atomic E-state index is -0.0712. The zero-order chi connectivity index (χ0) is 12.4. The van der Waals surface area contributed by atoms with Gasteiger partial charge >= 0.3 is 0 Å². The molecule has 0 saturated carbocycles. The van der Waals surface area contributed by atoms with Gasteiger partial charge in [0.15, 0.2) is 5.78 Å². The van der Waals surface area contributed by atoms with E-state index in [1.54, 1.807) is 24.3 Å². The van der Waals surface area contributed by atoms with Crippen LogP contribution >= 0.6 is 23.2 Å². The van der Waals surface area contributed by atoms with E-state index in [2.05, 4.69) is 0 Å². The first kappa shape index (κ1) is 12.2. The highest BCUT2D eigenvalue weighted by Crippen LogP contribution is 2.21. The van der Waals surface area contributed by atoms with Crippen LogP contribution in [0.25, 0.3) is 0 Å². The van der Waals surface area contributed by atoms with Crippen LogP contribution < -0.4 is 0 Å². The largest absolute Gasteiger partial charge is 0.289 e. The molecule has 0 radical (unpaired) electrons. The normalized spacial score (nSPS) is 10.3. The van der Waals surface area contributed by atoms with E-state index in [4.69, 9.17) is 23.2 Å². The van der Waals surface area contributed by atoms with Crippen LogP contribution in [0.5, 0.6) is 0 Å². The van der Waals surface area contributed by atoms with Gasteiger partial charge in [-0.15, -0.1) is 0 Å². The third-order valence-electron chi connectivity index (χ3n) is 2.41. The van der Waals surface area contributed by atoms with Crippen LogP contribution in [0.4, 0.5) is 0 Å². The van der Waals surface area contributed by atoms with Crippen LogP contribution in [0.1, 0.15) is 21.5 Å². The molecule has 0 bridgehead atoms. The second-order valence-corrected chi connectivity index (χ2v) is 4.73. The van der Waals surface area contributed by atoms with E-state index in [-0.39, 0.29) is 5.78 Å². The second-order valence-electron chi connectivity index (χ2n) is 3.86. The average molecular weight is 265 g/mol. The molecule has 2 aromatic rings. The first-order valence-corrected chi connectivity index (χ1v) is 5.89. The summed E-state index contributed by atoms with van der Waals surface area (Å²) in [4.78, 5) is 12.2. The topological polar surface area (TPSA) is 17.1 Å². The van der Waals surface area contributed by atoms with E-state index in [1.165, 1.54) is 0 Å². The van der Waals surface area contributed by atoms with Crippen molar-refractivity contribution in [3.8, 4) is 0 Å². The maximum atomic E-state index is 12.2. The molecule has 0 N–H and O–H groups in total. The lowest BCUT2D eigenvalue weighted by atomic mass is 10.0. The number of aryl methyl sites for hydroxylation is 1. The van der Waals surface area contributed by atoms with E-state index in [0.717, 1.165) is 5.56 Å². The van der Waals surface area contributed by atoms with E-state index in [0.29, 0.717) is 21.2 Å². The molecule has 0 aliphatic carbocycles. The fourth-order valence-corrected chi connectivity index (χ4v) is 2.16. The number of hydrogen-bond donors (Lipinski definition) is 0. The summed E-state index contributed by atoms with van der Waals surface area (Å²) in [6.45, 7) is 1.95. The lowest BCUT2D eigenvalue weighted by Crippen LogP contribution is -2.01. The molecule has 0 aromatic heterocycles. The number of carbonyl (C=O) groups is 1. The van der Waals surface area contributed by atoms with E-state index in [1.807, 2.05) is 25.1 Å². The molecule has 0 heterocycles. The first-order valence-electron chi connectivity index (χ1n) is 5.14. The number of carbonyl (C=O) groups excluding carboxylic acids is 1. The van der Waals surface area contributed by atoms with Crippen LogP contribution in [0.3, 0.4) is 0 Å². The summed E-state index contributed by atoms with van der Waals surface area (Å²) in [6, 6.07) is 12.3. The van der Waals surface area contributed by atoms with Gasteiger partial charge < -0.3 is 0 Å². The van der Waals surface area contributed by atoms with E-state index < -0.39 is 0 Å². The maximum absolute atomic E-state index is 12.2. The van der Waals surface area contributed by atoms with Gasteiger partial charge in [-0.25, -0.2) is 0 Å². The van der Waals surface area contributed by atoms with Crippen molar-refractivity contribution in [3.63, 3.8) is 0 Å². The Balaban J connectivity index is 2.43. The van der Waals surface area contributed by atoms with Gasteiger partial charge in [0.25, 0.3) is 0 Å². The highest BCUT2D eigenvalue weighted by atomic mass is 35.5. The molecular weight excluding hydrogens is 255 g/mol. The minimum Gasteiger partial charge on any atom is -0.289 e. The summed E-state index contributed by atoms with van der Waals surface area (Å²) in [6.07, 6.45) is 0. The number of benzene rings is 2. The molecule has 17 heavy (non-hydrogen) atoms. The molecule has 0 unspecified atom stereocenters. The van der Waals surface area contributed by atoms with E-state index >= 15 is 0 Å². The smallest absolute Gasteiger partial charge is 0.193 e. The third kappa shape index (κ3) is 2.87. The van der Waals surface area contributed by atoms with Gasteiger partial charge in [0, 0.05) is 21.2 Å². The molecule has 2 rings (SSSR count). The van der Waals surface area contributed by atoms with Gasteiger partial charge in [-0.2, -0.15) is 0 Å². The monoisotopic (exact) mass is 264 g/mol. The Morgan fingerprint density at radius 1 is 0.941 bits per heavy atom. The SMILES string of the molecule is Cc1cccc(C(=O)c2cc(Cl)cc(Cl)c2)c1. The van der Waals surface area contributed by atoms with Crippen molar-refractivity contribution in [3.05, 3.63) is 69.2 Å². The predicted molar refractivity (Wildman–Crippen MR) is 71.1 cm³/mol. The Morgan fingerprint density at radius 2 is 1.59 bits per heavy atom. The summed E-state index contributed by atoms with van der Waals surface area (Å²) in [5, 5.41) is 0.932. The molecule has 0 aliphatic rings. The third-order valence-corrected chi connectivity index (χ3v) is 2.84. The van der Waals surface area contributed by atoms with Gasteiger partial charge in [-0.3, -0.25) is 4.79 Å². The standard InChI is InChI=1S/C14H10Cl2O/c1-9-3-2-4-10(5-9)14(17)11-6-12(15)8-13(16)7-11/h2-8H,1H3. The van der Waals surface area contributed by atoms with Gasteiger partial charge in [0.1, 0.15) is 0 Å². The van der Waals surface area contributed by atoms with Crippen LogP contribution in [-0.2, 0) is 0 Å². The second kappa shape index (κ2) is 4.91. The van der Waals surface area contributed by atoms with Gasteiger partial charge in [0.05, 0.1) is 0 Å². The molecule has 86 valence electrons. The average Bonchev–Trinajstić information content (AvgIpc) is 2.26. The quantitative estimate of drug-likeness (QED) is 0.729. The van der Waals surface area contributed by atoms with Crippen molar-refractivity contribution in [1.29, 1.82) is 0 Å². The zero-order valence-electron chi connectivity index (χ0n) is 9.21. The zero-order valence-corrected chi connectivity index (χ0v) is 10.7. The fourth-order valence-electron chi connectivity index (χ4n) is 1.64. The van der Waals surface area contributed by atoms with Crippen molar-refractivity contribution in [2.45, 2.75) is 6.92 Å². The summed E-state index contributed by atoms with van der Waals surface area (Å²) in [5.41, 5.74) is 2.19. The molecule has 1 nitrogen and oxygen atoms in total. The number of hydrogen-bond acceptors (Lipinski definition) is 1. The Hall–Kier alpha value is -1.31. The molecular formula is C14H10Cl2O. The van der Waals surface area contributed by atoms with Crippen molar-refractivity contribution in [2.75, 3.05) is 0 Å². The molecule has 0 spiro atoms. The minimum absolute atomic E-state index is 0.0712. The van der Waals surface area contributed by atoms with Crippen LogP contribution in [0, 0.1) is 6.92 Å². The van der Waals surface area contributed by atoms with Crippen LogP contribution in [0.15, 0.2) is 42.5 Å². The van der Waals surface area contributed by atoms with Gasteiger partial charge in [-0.1, -0.05) is 47.0 Å². The predicted octanol–water partition coefficient (Wildman–Crippen LogP) is 4.53. The molecule has 2 aromatic carbocycles. The Labute approximate surface area is 110 Å². The summed E-state index contributed by atoms with van der Waals surface area (Å²) < 4.78 is 0. The molecule has 0 saturated heterocycles. The Morgan fingerprint density at radius 3 is 2.18 bits per heavy atom. The fraction of sp³-hybridized carbons (Fsp3) is 0.0714. The highest BCUT2D eigenvalue weighted by molar-refractivity contribution is 6.35. The highest BCUT2D eigenvalue weighted by Gasteiger charge is 2.10. The number of ketones is 1. The van der Waals surface area contributed by atoms with E-state index in [9.17, 15) is 4.79 Å². The molecule has 0 fully saturated rings. The first-order chi connectivity index (χ1) is 8.06. The molecule has 0 amide bonds. The molecule has 0 aliphatic heterocycles. The lowest BCUT2D eigenvalue weighted by Gasteiger charge is -2.03. The number of rotatable bonds is 2. The van der Waals surface area contributed by atoms with Crippen molar-refractivity contribution in [2.24, 2.45) is 0 Å². The van der Waals surface area contributed by atoms with Crippen molar-refractivity contribution in [1.82, 2.24) is 0 Å². The maximum Gasteiger partial charge on any atom is 0.193 e. The lowest BCUT2D eigenvalue weighted by molar-refractivity contribution is 0.103. The van der Waals surface area contributed by atoms with Crippen molar-refractivity contribution < 1.29 is 4.79 Å². The summed E-state index contributed by atoms with van der Waals surface area (Å²) in [5.74, 6) is -0.0712. The molecule has 0 atom stereocenters. The molecule has 3 heteroatoms. The Bertz CT molecular complexity index is 556. The van der Waals surface area contributed by atoms with Gasteiger partial charge in [-0.05, 0) is 31.2 Å².